The van der Waals surface area contributed by atoms with E-state index in [4.69, 9.17) is 0 Å². The third kappa shape index (κ3) is 1.66. The van der Waals surface area contributed by atoms with Gasteiger partial charge in [0.25, 0.3) is 0 Å². The average molecular weight is 303 g/mol. The second-order valence-electron chi connectivity index (χ2n) is 2.88. The molecule has 2 aromatic rings. The van der Waals surface area contributed by atoms with Gasteiger partial charge in [-0.2, -0.15) is 0 Å². The van der Waals surface area contributed by atoms with E-state index in [-0.39, 0.29) is 0 Å². The fraction of sp³-hybridized carbons (Fsp3) is 0.375. The lowest BCUT2D eigenvalue weighted by Crippen LogP contribution is -2.02. The van der Waals surface area contributed by atoms with Crippen LogP contribution in [0.2, 0.25) is 0 Å². The molecule has 0 bridgehead atoms. The molecule has 0 atom stereocenters. The zero-order valence-corrected chi connectivity index (χ0v) is 9.89. The number of nitrogens with one attached hydrogen (secondary N) is 1. The van der Waals surface area contributed by atoms with Crippen molar-refractivity contribution in [3.8, 4) is 0 Å². The summed E-state index contributed by atoms with van der Waals surface area (Å²) in [6, 6.07) is 0. The Labute approximate surface area is 95.5 Å². The molecule has 0 unspecified atom stereocenters. The molecule has 0 spiro atoms. The van der Waals surface area contributed by atoms with Crippen molar-refractivity contribution in [2.45, 2.75) is 13.3 Å². The van der Waals surface area contributed by atoms with Gasteiger partial charge in [0.15, 0.2) is 17.0 Å². The first kappa shape index (κ1) is 9.63. The Morgan fingerprint density at radius 1 is 1.43 bits per heavy atom. The number of imidazole rings is 1. The second kappa shape index (κ2) is 4.07. The monoisotopic (exact) mass is 303 g/mol. The fourth-order valence-electron chi connectivity index (χ4n) is 1.18. The van der Waals surface area contributed by atoms with Gasteiger partial charge in [0.2, 0.25) is 0 Å². The minimum atomic E-state index is 0.812. The lowest BCUT2D eigenvalue weighted by atomic mass is 10.4. The predicted molar refractivity (Wildman–Crippen MR) is 63.5 cm³/mol. The van der Waals surface area contributed by atoms with E-state index in [9.17, 15) is 0 Å². The number of aromatic nitrogens is 4. The lowest BCUT2D eigenvalue weighted by Gasteiger charge is -2.02. The topological polar surface area (TPSA) is 55.6 Å². The van der Waals surface area contributed by atoms with Crippen molar-refractivity contribution >= 4 is 39.8 Å². The molecule has 0 aliphatic carbocycles. The Kier molecular flexibility index (Phi) is 2.80. The van der Waals surface area contributed by atoms with Gasteiger partial charge in [-0.05, 0) is 6.42 Å². The number of hydrogen-bond acceptors (Lipinski definition) is 4. The zero-order valence-electron chi connectivity index (χ0n) is 7.74. The normalized spacial score (nSPS) is 10.7. The molecule has 1 N–H and O–H groups in total. The Morgan fingerprint density at radius 2 is 2.29 bits per heavy atom. The fourth-order valence-corrected chi connectivity index (χ4v) is 1.66. The molecule has 14 heavy (non-hydrogen) atoms. The first-order valence-electron chi connectivity index (χ1n) is 4.41. The minimum absolute atomic E-state index is 0.812. The molecule has 2 aromatic heterocycles. The van der Waals surface area contributed by atoms with Crippen LogP contribution in [0.25, 0.3) is 11.2 Å². The Hall–Kier alpha value is -0.920. The highest BCUT2D eigenvalue weighted by molar-refractivity contribution is 14.1. The van der Waals surface area contributed by atoms with Gasteiger partial charge in [-0.3, -0.25) is 2.78 Å². The molecular weight excluding hydrogens is 293 g/mol. The Bertz CT molecular complexity index is 438. The van der Waals surface area contributed by atoms with E-state index in [2.05, 4.69) is 50.1 Å². The van der Waals surface area contributed by atoms with Crippen LogP contribution in [0.15, 0.2) is 12.7 Å². The second-order valence-corrected chi connectivity index (χ2v) is 3.92. The van der Waals surface area contributed by atoms with Gasteiger partial charge in [-0.1, -0.05) is 6.92 Å². The van der Waals surface area contributed by atoms with Gasteiger partial charge in [-0.25, -0.2) is 15.0 Å². The highest BCUT2D eigenvalue weighted by Gasteiger charge is 2.07. The summed E-state index contributed by atoms with van der Waals surface area (Å²) in [7, 11) is 0. The van der Waals surface area contributed by atoms with Crippen LogP contribution in [0.1, 0.15) is 13.3 Å². The summed E-state index contributed by atoms with van der Waals surface area (Å²) in [5, 5.41) is 3.22. The van der Waals surface area contributed by atoms with Crippen LogP contribution >= 0.6 is 22.9 Å². The first-order valence-corrected chi connectivity index (χ1v) is 5.37. The lowest BCUT2D eigenvalue weighted by molar-refractivity contribution is 0.968. The maximum Gasteiger partial charge on any atom is 0.174 e. The summed E-state index contributed by atoms with van der Waals surface area (Å²) in [5.74, 6) is 0.812. The molecule has 0 saturated carbocycles. The zero-order chi connectivity index (χ0) is 9.97. The van der Waals surface area contributed by atoms with Gasteiger partial charge in [0.05, 0.1) is 22.9 Å². The molecule has 5 nitrogen and oxygen atoms in total. The Morgan fingerprint density at radius 3 is 3.07 bits per heavy atom. The van der Waals surface area contributed by atoms with Crippen molar-refractivity contribution in [1.82, 2.24) is 17.7 Å². The highest BCUT2D eigenvalue weighted by Crippen LogP contribution is 2.18. The molecule has 0 radical (unpaired) electrons. The smallest absolute Gasteiger partial charge is 0.174 e. The summed E-state index contributed by atoms with van der Waals surface area (Å²) in [6.45, 7) is 3.02. The molecule has 0 amide bonds. The number of anilines is 1. The van der Waals surface area contributed by atoms with Gasteiger partial charge in [0.1, 0.15) is 12.7 Å². The quantitative estimate of drug-likeness (QED) is 0.879. The van der Waals surface area contributed by atoms with Crippen molar-refractivity contribution in [2.24, 2.45) is 0 Å². The van der Waals surface area contributed by atoms with E-state index in [0.29, 0.717) is 0 Å². The summed E-state index contributed by atoms with van der Waals surface area (Å²) in [6.07, 6.45) is 4.35. The average Bonchev–Trinajstić information content (AvgIpc) is 2.58. The molecular formula is C8H10IN5. The number of hydrogen-bond donors (Lipinski definition) is 1. The summed E-state index contributed by atoms with van der Waals surface area (Å²) in [5.41, 5.74) is 1.68. The number of nitrogens with zero attached hydrogens (tertiary/aromatic N) is 4. The summed E-state index contributed by atoms with van der Waals surface area (Å²) >= 11 is 2.14. The van der Waals surface area contributed by atoms with Gasteiger partial charge in [0, 0.05) is 6.54 Å². The summed E-state index contributed by atoms with van der Waals surface area (Å²) in [4.78, 5) is 12.5. The third-order valence-corrected chi connectivity index (χ3v) is 2.54. The molecule has 2 rings (SSSR count). The van der Waals surface area contributed by atoms with Crippen LogP contribution in [0.4, 0.5) is 5.82 Å². The van der Waals surface area contributed by atoms with Crippen LogP contribution < -0.4 is 5.32 Å². The van der Waals surface area contributed by atoms with Crippen molar-refractivity contribution in [3.05, 3.63) is 12.7 Å². The van der Waals surface area contributed by atoms with E-state index in [0.717, 1.165) is 29.9 Å². The molecule has 74 valence electrons. The van der Waals surface area contributed by atoms with Gasteiger partial charge < -0.3 is 5.32 Å². The van der Waals surface area contributed by atoms with E-state index in [1.165, 1.54) is 0 Å². The molecule has 0 aromatic carbocycles. The Balaban J connectivity index is 2.44. The van der Waals surface area contributed by atoms with Crippen molar-refractivity contribution in [3.63, 3.8) is 0 Å². The maximum atomic E-state index is 4.24. The molecule has 0 saturated heterocycles. The van der Waals surface area contributed by atoms with E-state index < -0.39 is 0 Å². The van der Waals surface area contributed by atoms with Crippen LogP contribution in [-0.4, -0.2) is 24.3 Å². The first-order chi connectivity index (χ1) is 6.83. The van der Waals surface area contributed by atoms with E-state index in [1.54, 1.807) is 12.7 Å². The SMILES string of the molecule is CCCNc1ncnc2c1ncn2I. The predicted octanol–water partition coefficient (Wildman–Crippen LogP) is 1.85. The molecule has 0 aliphatic heterocycles. The standard InChI is InChI=1S/C8H10IN5/c1-2-3-10-7-6-8(12-4-11-7)14(9)5-13-6/h4-5H,2-3H2,1H3,(H,10,11,12). The largest absolute Gasteiger partial charge is 0.368 e. The van der Waals surface area contributed by atoms with Crippen LogP contribution in [0.3, 0.4) is 0 Å². The molecule has 0 fully saturated rings. The molecule has 2 heterocycles. The number of rotatable bonds is 3. The molecule has 6 heteroatoms. The molecule has 0 aliphatic rings. The van der Waals surface area contributed by atoms with Crippen molar-refractivity contribution in [1.29, 1.82) is 0 Å². The van der Waals surface area contributed by atoms with Crippen molar-refractivity contribution in [2.75, 3.05) is 11.9 Å². The summed E-state index contributed by atoms with van der Waals surface area (Å²) < 4.78 is 1.85. The van der Waals surface area contributed by atoms with E-state index in [1.807, 2.05) is 2.78 Å². The minimum Gasteiger partial charge on any atom is -0.368 e. The van der Waals surface area contributed by atoms with Crippen molar-refractivity contribution < 1.29 is 0 Å². The van der Waals surface area contributed by atoms with Crippen LogP contribution in [0.5, 0.6) is 0 Å². The third-order valence-electron chi connectivity index (χ3n) is 1.84. The number of halogens is 1. The highest BCUT2D eigenvalue weighted by atomic mass is 127. The van der Waals surface area contributed by atoms with Crippen LogP contribution in [-0.2, 0) is 0 Å². The number of fused-ring (bicyclic) bond motifs is 1. The van der Waals surface area contributed by atoms with Crippen LogP contribution in [0, 0.1) is 0 Å². The van der Waals surface area contributed by atoms with Gasteiger partial charge >= 0.3 is 0 Å². The maximum absolute atomic E-state index is 4.24. The van der Waals surface area contributed by atoms with E-state index >= 15 is 0 Å². The van der Waals surface area contributed by atoms with Gasteiger partial charge in [-0.15, -0.1) is 0 Å².